The number of amides is 1. The molecule has 168 valence electrons. The lowest BCUT2D eigenvalue weighted by atomic mass is 10.2. The van der Waals surface area contributed by atoms with Gasteiger partial charge < -0.3 is 10.1 Å². The van der Waals surface area contributed by atoms with Crippen LogP contribution in [0.2, 0.25) is 5.02 Å². The third-order valence-electron chi connectivity index (χ3n) is 5.05. The number of para-hydroxylation sites is 1. The molecule has 10 heteroatoms. The molecule has 32 heavy (non-hydrogen) atoms. The zero-order valence-corrected chi connectivity index (χ0v) is 19.2. The van der Waals surface area contributed by atoms with E-state index in [4.69, 9.17) is 16.3 Å². The summed E-state index contributed by atoms with van der Waals surface area (Å²) in [4.78, 5) is 12.7. The van der Waals surface area contributed by atoms with E-state index < -0.39 is 15.9 Å². The number of nitrogens with zero attached hydrogens (tertiary/aromatic N) is 3. The number of sulfonamides is 1. The first-order valence-electron chi connectivity index (χ1n) is 10.1. The fourth-order valence-electron chi connectivity index (χ4n) is 3.61. The molecule has 2 atom stereocenters. The van der Waals surface area contributed by atoms with E-state index in [0.717, 1.165) is 5.69 Å². The molecule has 4 rings (SSSR count). The summed E-state index contributed by atoms with van der Waals surface area (Å²) in [5.41, 5.74) is 1.01. The second-order valence-corrected chi connectivity index (χ2v) is 9.97. The van der Waals surface area contributed by atoms with Crippen molar-refractivity contribution in [2.24, 2.45) is 0 Å². The molecule has 0 radical (unpaired) electrons. The lowest BCUT2D eigenvalue weighted by Crippen LogP contribution is -2.48. The van der Waals surface area contributed by atoms with Crippen LogP contribution in [0.4, 0.5) is 5.82 Å². The van der Waals surface area contributed by atoms with Crippen molar-refractivity contribution in [1.82, 2.24) is 14.1 Å². The van der Waals surface area contributed by atoms with Gasteiger partial charge in [0.05, 0.1) is 22.9 Å². The molecule has 1 aliphatic rings. The number of carbonyl (C=O) groups excluding carboxylic acids is 1. The first-order chi connectivity index (χ1) is 15.2. The summed E-state index contributed by atoms with van der Waals surface area (Å²) in [6, 6.07) is 15.3. The molecular weight excluding hydrogens is 452 g/mol. The highest BCUT2D eigenvalue weighted by Gasteiger charge is 2.33. The Labute approximate surface area is 191 Å². The maximum absolute atomic E-state index is 13.2. The number of carbonyl (C=O) groups is 1. The van der Waals surface area contributed by atoms with Crippen LogP contribution in [-0.2, 0) is 14.8 Å². The number of nitrogens with one attached hydrogen (secondary N) is 1. The number of aromatic nitrogens is 2. The second-order valence-electron chi connectivity index (χ2n) is 7.66. The molecule has 2 unspecified atom stereocenters. The van der Waals surface area contributed by atoms with Gasteiger partial charge in [0.15, 0.2) is 5.82 Å². The zero-order chi connectivity index (χ0) is 22.9. The van der Waals surface area contributed by atoms with Crippen LogP contribution in [0.25, 0.3) is 5.69 Å². The van der Waals surface area contributed by atoms with E-state index in [1.165, 1.54) is 22.5 Å². The normalized spacial score (nSPS) is 19.6. The number of rotatable bonds is 5. The highest BCUT2D eigenvalue weighted by atomic mass is 35.5. The topological polar surface area (TPSA) is 93.5 Å². The average Bonchev–Trinajstić information content (AvgIpc) is 3.22. The molecule has 8 nitrogen and oxygen atoms in total. The van der Waals surface area contributed by atoms with Crippen LogP contribution in [0.1, 0.15) is 24.2 Å². The van der Waals surface area contributed by atoms with E-state index in [9.17, 15) is 13.2 Å². The second kappa shape index (κ2) is 9.03. The quantitative estimate of drug-likeness (QED) is 0.610. The van der Waals surface area contributed by atoms with Gasteiger partial charge in [-0.15, -0.1) is 0 Å². The Morgan fingerprint density at radius 2 is 1.78 bits per heavy atom. The van der Waals surface area contributed by atoms with Crippen molar-refractivity contribution in [2.75, 3.05) is 18.4 Å². The predicted octanol–water partition coefficient (Wildman–Crippen LogP) is 3.58. The number of anilines is 1. The molecule has 0 aliphatic carbocycles. The van der Waals surface area contributed by atoms with Crippen LogP contribution in [-0.4, -0.2) is 53.7 Å². The fraction of sp³-hybridized carbons (Fsp3) is 0.273. The Kier molecular flexibility index (Phi) is 6.34. The van der Waals surface area contributed by atoms with Gasteiger partial charge in [0, 0.05) is 30.9 Å². The molecule has 0 saturated carbocycles. The largest absolute Gasteiger partial charge is 0.373 e. The van der Waals surface area contributed by atoms with Gasteiger partial charge in [-0.1, -0.05) is 29.8 Å². The Morgan fingerprint density at radius 3 is 2.47 bits per heavy atom. The van der Waals surface area contributed by atoms with E-state index in [2.05, 4.69) is 10.4 Å². The van der Waals surface area contributed by atoms with E-state index >= 15 is 0 Å². The van der Waals surface area contributed by atoms with Crippen molar-refractivity contribution in [3.63, 3.8) is 0 Å². The maximum atomic E-state index is 13.2. The maximum Gasteiger partial charge on any atom is 0.256 e. The molecule has 1 fully saturated rings. The van der Waals surface area contributed by atoms with Gasteiger partial charge >= 0.3 is 0 Å². The van der Waals surface area contributed by atoms with E-state index in [1.54, 1.807) is 16.9 Å². The predicted molar refractivity (Wildman–Crippen MR) is 122 cm³/mol. The van der Waals surface area contributed by atoms with Crippen molar-refractivity contribution >= 4 is 33.3 Å². The number of benzene rings is 2. The minimum Gasteiger partial charge on any atom is -0.373 e. The molecule has 1 amide bonds. The van der Waals surface area contributed by atoms with Crippen LogP contribution in [0, 0.1) is 0 Å². The van der Waals surface area contributed by atoms with Gasteiger partial charge in [-0.05, 0) is 44.2 Å². The van der Waals surface area contributed by atoms with Gasteiger partial charge in [0.25, 0.3) is 5.91 Å². The molecule has 0 bridgehead atoms. The number of hydrogen-bond donors (Lipinski definition) is 1. The summed E-state index contributed by atoms with van der Waals surface area (Å²) in [6.45, 7) is 4.07. The molecule has 1 aliphatic heterocycles. The van der Waals surface area contributed by atoms with Crippen molar-refractivity contribution in [3.05, 3.63) is 71.4 Å². The van der Waals surface area contributed by atoms with Crippen molar-refractivity contribution < 1.29 is 17.9 Å². The number of halogens is 1. The van der Waals surface area contributed by atoms with E-state index in [1.807, 2.05) is 44.2 Å². The van der Waals surface area contributed by atoms with Crippen LogP contribution < -0.4 is 5.32 Å². The zero-order valence-electron chi connectivity index (χ0n) is 17.6. The molecular formula is C22H23ClN4O4S. The molecule has 2 aromatic carbocycles. The molecule has 0 spiro atoms. The SMILES string of the molecule is CC1CN(S(=O)(=O)c2cc(C(=O)Nc3ccn(-c4ccccc4)n3)ccc2Cl)CC(C)O1. The van der Waals surface area contributed by atoms with Crippen molar-refractivity contribution in [2.45, 2.75) is 31.0 Å². The molecule has 1 N–H and O–H groups in total. The van der Waals surface area contributed by atoms with Crippen LogP contribution in [0.15, 0.2) is 65.7 Å². The van der Waals surface area contributed by atoms with Gasteiger partial charge in [-0.25, -0.2) is 13.1 Å². The smallest absolute Gasteiger partial charge is 0.256 e. The Balaban J connectivity index is 1.56. The molecule has 1 aromatic heterocycles. The van der Waals surface area contributed by atoms with Crippen molar-refractivity contribution in [3.8, 4) is 5.69 Å². The summed E-state index contributed by atoms with van der Waals surface area (Å²) in [7, 11) is -3.90. The third-order valence-corrected chi connectivity index (χ3v) is 7.36. The highest BCUT2D eigenvalue weighted by molar-refractivity contribution is 7.89. The van der Waals surface area contributed by atoms with Crippen molar-refractivity contribution in [1.29, 1.82) is 0 Å². The molecule has 3 aromatic rings. The Morgan fingerprint density at radius 1 is 1.09 bits per heavy atom. The van der Waals surface area contributed by atoms with Gasteiger partial charge in [0.1, 0.15) is 4.90 Å². The number of hydrogen-bond acceptors (Lipinski definition) is 5. The summed E-state index contributed by atoms with van der Waals surface area (Å²) in [6.07, 6.45) is 1.25. The highest BCUT2D eigenvalue weighted by Crippen LogP contribution is 2.28. The Hall–Kier alpha value is -2.72. The lowest BCUT2D eigenvalue weighted by molar-refractivity contribution is -0.0440. The average molecular weight is 475 g/mol. The minimum absolute atomic E-state index is 0.0571. The fourth-order valence-corrected chi connectivity index (χ4v) is 5.70. The summed E-state index contributed by atoms with van der Waals surface area (Å²) < 4.78 is 35.1. The molecule has 1 saturated heterocycles. The van der Waals surface area contributed by atoms with Crippen LogP contribution in [0.5, 0.6) is 0 Å². The first-order valence-corrected chi connectivity index (χ1v) is 11.9. The summed E-state index contributed by atoms with van der Waals surface area (Å²) in [5, 5.41) is 7.10. The van der Waals surface area contributed by atoms with E-state index in [0.29, 0.717) is 5.82 Å². The van der Waals surface area contributed by atoms with Crippen LogP contribution in [0.3, 0.4) is 0 Å². The first kappa shape index (κ1) is 22.5. The summed E-state index contributed by atoms with van der Waals surface area (Å²) in [5.74, 6) is -0.144. The van der Waals surface area contributed by atoms with E-state index in [-0.39, 0.29) is 40.8 Å². The molecule has 2 heterocycles. The lowest BCUT2D eigenvalue weighted by Gasteiger charge is -2.34. The standard InChI is InChI=1S/C22H23ClN4O4S/c1-15-13-26(14-16(2)31-15)32(29,30)20-12-17(8-9-19(20)23)22(28)24-21-10-11-27(25-21)18-6-4-3-5-7-18/h3-12,15-16H,13-14H2,1-2H3,(H,24,25,28). The van der Waals surface area contributed by atoms with Crippen LogP contribution >= 0.6 is 11.6 Å². The van der Waals surface area contributed by atoms with Gasteiger partial charge in [0.2, 0.25) is 10.0 Å². The number of ether oxygens (including phenoxy) is 1. The monoisotopic (exact) mass is 474 g/mol. The number of morpholine rings is 1. The summed E-state index contributed by atoms with van der Waals surface area (Å²) >= 11 is 6.22. The Bertz CT molecular complexity index is 1220. The van der Waals surface area contributed by atoms with Gasteiger partial charge in [-0.2, -0.15) is 9.40 Å². The minimum atomic E-state index is -3.90. The third kappa shape index (κ3) is 4.71. The van der Waals surface area contributed by atoms with Gasteiger partial charge in [-0.3, -0.25) is 4.79 Å².